The molecule has 0 spiro atoms. The Morgan fingerprint density at radius 2 is 1.56 bits per heavy atom. The molecule has 0 saturated carbocycles. The van der Waals surface area contributed by atoms with Gasteiger partial charge in [0.15, 0.2) is 0 Å². The molecule has 0 aromatic carbocycles. The highest BCUT2D eigenvalue weighted by Crippen LogP contribution is 2.31. The second kappa shape index (κ2) is 18.7. The molecule has 0 aliphatic heterocycles. The average Bonchev–Trinajstić information content (AvgIpc) is 2.73. The van der Waals surface area contributed by atoms with Gasteiger partial charge in [0, 0.05) is 12.6 Å². The first-order chi connectivity index (χ1) is 15.2. The third-order valence-corrected chi connectivity index (χ3v) is 6.16. The minimum absolute atomic E-state index is 0.219. The largest absolute Gasteiger partial charge is 0.368 e. The Morgan fingerprint density at radius 1 is 0.844 bits per heavy atom. The number of nitrogens with one attached hydrogen (secondary N) is 2. The molecule has 0 bridgehead atoms. The molecule has 3 atom stereocenters. The highest BCUT2D eigenvalue weighted by atomic mass is 28.3. The van der Waals surface area contributed by atoms with Crippen molar-refractivity contribution in [2.24, 2.45) is 17.3 Å². The van der Waals surface area contributed by atoms with Crippen LogP contribution in [0, 0.1) is 17.3 Å². The number of hydrogen-bond donors (Lipinski definition) is 2. The summed E-state index contributed by atoms with van der Waals surface area (Å²) >= 11 is 0. The van der Waals surface area contributed by atoms with Crippen LogP contribution in [0.15, 0.2) is 85.9 Å². The van der Waals surface area contributed by atoms with Gasteiger partial charge in [0.05, 0.1) is 8.80 Å². The molecule has 3 heteroatoms. The van der Waals surface area contributed by atoms with Crippen LogP contribution in [0.4, 0.5) is 0 Å². The molecule has 32 heavy (non-hydrogen) atoms. The molecule has 0 aromatic rings. The van der Waals surface area contributed by atoms with E-state index in [1.54, 1.807) is 0 Å². The summed E-state index contributed by atoms with van der Waals surface area (Å²) in [6.45, 7) is 22.5. The van der Waals surface area contributed by atoms with Gasteiger partial charge in [-0.1, -0.05) is 95.5 Å². The molecule has 1 radical (unpaired) electrons. The molecule has 0 heterocycles. The summed E-state index contributed by atoms with van der Waals surface area (Å²) in [6, 6.07) is 0.319. The lowest BCUT2D eigenvalue weighted by molar-refractivity contribution is 0.294. The Bertz CT molecular complexity index is 632. The molecule has 179 valence electrons. The summed E-state index contributed by atoms with van der Waals surface area (Å²) < 4.78 is 0. The van der Waals surface area contributed by atoms with Crippen molar-refractivity contribution in [3.63, 3.8) is 0 Å². The minimum atomic E-state index is -0.297. The Kier molecular flexibility index (Phi) is 17.6. The van der Waals surface area contributed by atoms with Gasteiger partial charge >= 0.3 is 0 Å². The van der Waals surface area contributed by atoms with Gasteiger partial charge in [0.1, 0.15) is 0 Å². The Morgan fingerprint density at radius 3 is 2.16 bits per heavy atom. The Balaban J connectivity index is 4.53. The molecule has 0 aliphatic rings. The fourth-order valence-electron chi connectivity index (χ4n) is 3.07. The van der Waals surface area contributed by atoms with Crippen LogP contribution in [0.3, 0.4) is 0 Å². The van der Waals surface area contributed by atoms with Gasteiger partial charge in [-0.25, -0.2) is 0 Å². The van der Waals surface area contributed by atoms with Crippen LogP contribution in [-0.4, -0.2) is 21.4 Å². The van der Waals surface area contributed by atoms with Crippen molar-refractivity contribution in [3.05, 3.63) is 85.9 Å². The molecule has 0 saturated heterocycles. The van der Waals surface area contributed by atoms with Crippen molar-refractivity contribution in [1.82, 2.24) is 10.6 Å². The summed E-state index contributed by atoms with van der Waals surface area (Å²) in [6.07, 6.45) is 28.0. The van der Waals surface area contributed by atoms with Crippen LogP contribution in [-0.2, 0) is 0 Å². The van der Waals surface area contributed by atoms with E-state index in [2.05, 4.69) is 119 Å². The van der Waals surface area contributed by atoms with Gasteiger partial charge in [0.25, 0.3) is 0 Å². The van der Waals surface area contributed by atoms with Gasteiger partial charge in [-0.2, -0.15) is 0 Å². The van der Waals surface area contributed by atoms with E-state index in [4.69, 9.17) is 0 Å². The van der Waals surface area contributed by atoms with Gasteiger partial charge < -0.3 is 10.6 Å². The van der Waals surface area contributed by atoms with Crippen LogP contribution in [0.2, 0.25) is 13.1 Å². The lowest BCUT2D eigenvalue weighted by Gasteiger charge is -2.27. The quantitative estimate of drug-likeness (QED) is 0.174. The van der Waals surface area contributed by atoms with Crippen molar-refractivity contribution >= 4 is 8.80 Å². The number of allylic oxidation sites excluding steroid dienone is 6. The van der Waals surface area contributed by atoms with E-state index in [-0.39, 0.29) is 14.2 Å². The summed E-state index contributed by atoms with van der Waals surface area (Å²) in [4.78, 5) is 0. The molecule has 0 fully saturated rings. The zero-order valence-electron chi connectivity index (χ0n) is 21.6. The smallest absolute Gasteiger partial charge is 0.0688 e. The second-order valence-corrected chi connectivity index (χ2v) is 12.0. The summed E-state index contributed by atoms with van der Waals surface area (Å²) in [7, 11) is -0.297. The van der Waals surface area contributed by atoms with Crippen LogP contribution < -0.4 is 10.6 Å². The van der Waals surface area contributed by atoms with Gasteiger partial charge in [-0.15, -0.1) is 18.9 Å². The third kappa shape index (κ3) is 16.8. The molecule has 2 N–H and O–H groups in total. The predicted octanol–water partition coefficient (Wildman–Crippen LogP) is 7.75. The lowest BCUT2D eigenvalue weighted by Crippen LogP contribution is -2.26. The SMILES string of the molecule is C=CC(/C=C/C(C/C=C/N/C=C/CNC(C=C)C/C=C/CC)C(C)(C)C)C/C=C/[Si](C)C. The predicted molar refractivity (Wildman–Crippen MR) is 149 cm³/mol. The number of hydrogen-bond acceptors (Lipinski definition) is 2. The van der Waals surface area contributed by atoms with Crippen LogP contribution in [0.25, 0.3) is 0 Å². The van der Waals surface area contributed by atoms with E-state index >= 15 is 0 Å². The standard InChI is InChI=1S/C29H49N2Si/c1-9-12-13-19-28(11-3)31-24-16-23-30-22-14-18-27(29(4,5)6)21-20-26(10-2)17-15-25-32(7)8/h10-16,20-23,25-28,30-31H,2-3,9,17-19,24H2,1,4-8H3/b13-12+,21-20+,22-14+,23-16+,25-15+. The topological polar surface area (TPSA) is 24.1 Å². The third-order valence-electron chi connectivity index (χ3n) is 5.26. The molecule has 0 aromatic heterocycles. The fraction of sp³-hybridized carbons (Fsp3) is 0.517. The van der Waals surface area contributed by atoms with E-state index in [1.807, 2.05) is 18.5 Å². The van der Waals surface area contributed by atoms with Crippen molar-refractivity contribution < 1.29 is 0 Å². The Labute approximate surface area is 201 Å². The molecule has 2 nitrogen and oxygen atoms in total. The van der Waals surface area contributed by atoms with E-state index in [0.29, 0.717) is 17.9 Å². The van der Waals surface area contributed by atoms with Gasteiger partial charge in [-0.05, 0) is 55.3 Å². The first-order valence-electron chi connectivity index (χ1n) is 12.1. The lowest BCUT2D eigenvalue weighted by atomic mass is 9.78. The van der Waals surface area contributed by atoms with E-state index in [9.17, 15) is 0 Å². The van der Waals surface area contributed by atoms with Crippen molar-refractivity contribution in [3.8, 4) is 0 Å². The molecule has 0 rings (SSSR count). The van der Waals surface area contributed by atoms with Crippen LogP contribution in [0.1, 0.15) is 53.4 Å². The summed E-state index contributed by atoms with van der Waals surface area (Å²) in [5.74, 6) is 0.894. The van der Waals surface area contributed by atoms with Gasteiger partial charge in [0.2, 0.25) is 0 Å². The van der Waals surface area contributed by atoms with E-state index in [1.165, 1.54) is 0 Å². The first-order valence-corrected chi connectivity index (χ1v) is 14.7. The monoisotopic (exact) mass is 453 g/mol. The average molecular weight is 454 g/mol. The summed E-state index contributed by atoms with van der Waals surface area (Å²) in [5, 5.41) is 6.73. The zero-order valence-corrected chi connectivity index (χ0v) is 22.6. The first kappa shape index (κ1) is 30.2. The normalized spacial score (nSPS) is 16.1. The molecule has 0 aliphatic carbocycles. The molecule has 0 amide bonds. The minimum Gasteiger partial charge on any atom is -0.368 e. The summed E-state index contributed by atoms with van der Waals surface area (Å²) in [5.41, 5.74) is 2.59. The van der Waals surface area contributed by atoms with E-state index < -0.39 is 0 Å². The maximum absolute atomic E-state index is 4.02. The zero-order chi connectivity index (χ0) is 24.2. The van der Waals surface area contributed by atoms with Crippen molar-refractivity contribution in [2.45, 2.75) is 72.5 Å². The van der Waals surface area contributed by atoms with Crippen LogP contribution >= 0.6 is 0 Å². The Hall–Kier alpha value is -1.84. The maximum Gasteiger partial charge on any atom is 0.0688 e. The van der Waals surface area contributed by atoms with Gasteiger partial charge in [-0.3, -0.25) is 0 Å². The second-order valence-electron chi connectivity index (χ2n) is 9.55. The van der Waals surface area contributed by atoms with Crippen molar-refractivity contribution in [2.75, 3.05) is 6.54 Å². The molecular weight excluding hydrogens is 404 g/mol. The highest BCUT2D eigenvalue weighted by molar-refractivity contribution is 6.61. The number of rotatable bonds is 17. The van der Waals surface area contributed by atoms with Crippen molar-refractivity contribution in [1.29, 1.82) is 0 Å². The molecular formula is C29H49N2Si. The van der Waals surface area contributed by atoms with E-state index in [0.717, 1.165) is 32.2 Å². The fourth-order valence-corrected chi connectivity index (χ4v) is 3.68. The molecule has 3 unspecified atom stereocenters. The maximum atomic E-state index is 4.02. The van der Waals surface area contributed by atoms with Crippen LogP contribution in [0.5, 0.6) is 0 Å². The highest BCUT2D eigenvalue weighted by Gasteiger charge is 2.21.